The minimum absolute atomic E-state index is 0.468. The van der Waals surface area contributed by atoms with Gasteiger partial charge in [-0.05, 0) is 25.9 Å². The number of carboxylic acid groups (broad SMARTS) is 3. The van der Waals surface area contributed by atoms with Crippen molar-refractivity contribution in [1.82, 2.24) is 5.32 Å². The number of carbonyl (C=O) groups excluding carboxylic acids is 3. The second kappa shape index (κ2) is 9.37. The second-order valence-electron chi connectivity index (χ2n) is 3.27. The summed E-state index contributed by atoms with van der Waals surface area (Å²) in [6.07, 6.45) is 0.935. The molecule has 1 fully saturated rings. The van der Waals surface area contributed by atoms with Crippen LogP contribution in [0.25, 0.3) is 0 Å². The van der Waals surface area contributed by atoms with E-state index >= 15 is 0 Å². The summed E-state index contributed by atoms with van der Waals surface area (Å²) in [5, 5.41) is 31.3. The molecule has 8 nitrogen and oxygen atoms in total. The highest BCUT2D eigenvalue weighted by Gasteiger charge is 2.28. The normalized spacial score (nSPS) is 16.2. The number of hydrogen-bond acceptors (Lipinski definition) is 8. The highest BCUT2D eigenvalue weighted by atomic mass is 16.4. The molecule has 1 rings (SSSR count). The molecule has 1 aliphatic rings. The van der Waals surface area contributed by atoms with Crippen molar-refractivity contribution in [2.75, 3.05) is 13.1 Å². The molecule has 0 amide bonds. The van der Waals surface area contributed by atoms with Crippen LogP contribution in [-0.4, -0.2) is 36.5 Å². The zero-order valence-electron chi connectivity index (χ0n) is 10.1. The van der Waals surface area contributed by atoms with Crippen molar-refractivity contribution in [1.29, 1.82) is 0 Å². The fourth-order valence-electron chi connectivity index (χ4n) is 1.08. The largest absolute Gasteiger partial charge is 0.548 e. The van der Waals surface area contributed by atoms with Gasteiger partial charge in [0.1, 0.15) is 0 Å². The number of carboxylic acids is 3. The first-order valence-corrected chi connectivity index (χ1v) is 5.13. The number of aliphatic carboxylic acids is 3. The van der Waals surface area contributed by atoms with Crippen LogP contribution in [0, 0.1) is 6.92 Å². The van der Waals surface area contributed by atoms with Crippen molar-refractivity contribution >= 4 is 17.9 Å². The van der Waals surface area contributed by atoms with E-state index in [-0.39, 0.29) is 0 Å². The Morgan fingerprint density at radius 1 is 1.06 bits per heavy atom. The maximum absolute atomic E-state index is 10.4. The average molecular weight is 260 g/mol. The Hall–Kier alpha value is -1.67. The van der Waals surface area contributed by atoms with Gasteiger partial charge in [0.15, 0.2) is 0 Å². The maximum atomic E-state index is 10.4. The summed E-state index contributed by atoms with van der Waals surface area (Å²) in [7, 11) is 0. The topological polar surface area (TPSA) is 158 Å². The molecule has 0 saturated carbocycles. The summed E-state index contributed by atoms with van der Waals surface area (Å²) in [6, 6.07) is 0. The zero-order valence-corrected chi connectivity index (χ0v) is 10.1. The average Bonchev–Trinajstić information content (AvgIpc) is 2.33. The molecule has 1 heterocycles. The van der Waals surface area contributed by atoms with Gasteiger partial charge in [0.25, 0.3) is 0 Å². The molecule has 18 heavy (non-hydrogen) atoms. The quantitative estimate of drug-likeness (QED) is 0.444. The lowest BCUT2D eigenvalue weighted by Gasteiger charge is -2.34. The van der Waals surface area contributed by atoms with E-state index in [1.54, 1.807) is 6.92 Å². The molecule has 0 aromatic carbocycles. The lowest BCUT2D eigenvalue weighted by Crippen LogP contribution is -2.60. The summed E-state index contributed by atoms with van der Waals surface area (Å²) in [5.41, 5.74) is 4.42. The van der Waals surface area contributed by atoms with Crippen LogP contribution in [0.4, 0.5) is 0 Å². The first kappa shape index (κ1) is 18.7. The Morgan fingerprint density at radius 2 is 1.39 bits per heavy atom. The fraction of sp³-hybridized carbons (Fsp3) is 0.600. The van der Waals surface area contributed by atoms with E-state index in [1.807, 2.05) is 0 Å². The van der Waals surface area contributed by atoms with Gasteiger partial charge in [-0.3, -0.25) is 0 Å². The van der Waals surface area contributed by atoms with E-state index in [1.165, 1.54) is 0 Å². The summed E-state index contributed by atoms with van der Waals surface area (Å²) in [4.78, 5) is 28.3. The van der Waals surface area contributed by atoms with Crippen molar-refractivity contribution in [2.24, 2.45) is 5.73 Å². The second-order valence-corrected chi connectivity index (χ2v) is 3.27. The van der Waals surface area contributed by atoms with Gasteiger partial charge in [-0.2, -0.15) is 0 Å². The number of rotatable bonds is 1. The van der Waals surface area contributed by atoms with Crippen LogP contribution in [0.2, 0.25) is 0 Å². The summed E-state index contributed by atoms with van der Waals surface area (Å²) in [5.74, 6) is -5.50. The monoisotopic (exact) mass is 260 g/mol. The summed E-state index contributed by atoms with van der Waals surface area (Å²) >= 11 is 0. The molecule has 0 aromatic heterocycles. The molecule has 8 heteroatoms. The number of nitrogens with two attached hydrogens (primary N) is 1. The van der Waals surface area contributed by atoms with Crippen LogP contribution in [0.1, 0.15) is 19.8 Å². The van der Waals surface area contributed by atoms with Gasteiger partial charge in [0, 0.05) is 0 Å². The van der Waals surface area contributed by atoms with Gasteiger partial charge < -0.3 is 40.8 Å². The number of piperidine rings is 1. The highest BCUT2D eigenvalue weighted by molar-refractivity contribution is 6.25. The minimum atomic E-state index is -2.19. The molecule has 0 bridgehead atoms. The molecule has 0 aromatic rings. The molecular weight excluding hydrogens is 244 g/mol. The van der Waals surface area contributed by atoms with E-state index in [0.29, 0.717) is 25.9 Å². The predicted molar refractivity (Wildman–Crippen MR) is 55.1 cm³/mol. The predicted octanol–water partition coefficient (Wildman–Crippen LogP) is -4.86. The van der Waals surface area contributed by atoms with E-state index < -0.39 is 23.4 Å². The van der Waals surface area contributed by atoms with E-state index in [4.69, 9.17) is 25.5 Å². The third-order valence-corrected chi connectivity index (χ3v) is 2.07. The molecule has 105 valence electrons. The Labute approximate surface area is 105 Å². The molecular formula is C10H16N2O6-3. The van der Waals surface area contributed by atoms with Gasteiger partial charge in [-0.1, -0.05) is 13.8 Å². The molecule has 0 spiro atoms. The third-order valence-electron chi connectivity index (χ3n) is 2.07. The van der Waals surface area contributed by atoms with Crippen LogP contribution in [0.15, 0.2) is 0 Å². The maximum Gasteiger partial charge on any atom is 0.0870 e. The number of carbonyl (C=O) groups is 3. The standard InChI is InChI=1S/C6H12N2O2.C2H2O4.C2H5/c7-6(5(9)10)1-3-8-4-2-6;3-1(4)2(5)6;1-2/h8H,1-4,7H2,(H,9,10);(H,3,4)(H,5,6);1H2,2H3/p-3. The first-order chi connectivity index (χ1) is 8.29. The molecule has 0 atom stereocenters. The third kappa shape index (κ3) is 7.58. The first-order valence-electron chi connectivity index (χ1n) is 5.13. The van der Waals surface area contributed by atoms with Gasteiger partial charge in [0.05, 0.1) is 23.4 Å². The van der Waals surface area contributed by atoms with Crippen molar-refractivity contribution < 1.29 is 29.7 Å². The molecule has 0 unspecified atom stereocenters. The molecule has 3 N–H and O–H groups in total. The van der Waals surface area contributed by atoms with E-state index in [2.05, 4.69) is 12.2 Å². The highest BCUT2D eigenvalue weighted by Crippen LogP contribution is 2.12. The van der Waals surface area contributed by atoms with Crippen molar-refractivity contribution in [2.45, 2.75) is 25.3 Å². The fourth-order valence-corrected chi connectivity index (χ4v) is 1.08. The number of nitrogens with one attached hydrogen (secondary N) is 1. The van der Waals surface area contributed by atoms with Crippen molar-refractivity contribution in [3.8, 4) is 0 Å². The van der Waals surface area contributed by atoms with Crippen LogP contribution in [-0.2, 0) is 14.4 Å². The van der Waals surface area contributed by atoms with Gasteiger partial charge in [-0.15, -0.1) is 0 Å². The van der Waals surface area contributed by atoms with Crippen LogP contribution >= 0.6 is 0 Å². The van der Waals surface area contributed by atoms with Crippen LogP contribution in [0.3, 0.4) is 0 Å². The molecule has 1 saturated heterocycles. The zero-order chi connectivity index (χ0) is 14.8. The molecule has 1 aliphatic heterocycles. The molecule has 1 radical (unpaired) electrons. The van der Waals surface area contributed by atoms with Gasteiger partial charge in [-0.25, -0.2) is 0 Å². The van der Waals surface area contributed by atoms with Gasteiger partial charge >= 0.3 is 0 Å². The molecule has 0 aliphatic carbocycles. The lowest BCUT2D eigenvalue weighted by molar-refractivity contribution is -0.345. The Balaban J connectivity index is 0. The van der Waals surface area contributed by atoms with E-state index in [0.717, 1.165) is 0 Å². The van der Waals surface area contributed by atoms with E-state index in [9.17, 15) is 9.90 Å². The smallest absolute Gasteiger partial charge is 0.0870 e. The summed E-state index contributed by atoms with van der Waals surface area (Å²) < 4.78 is 0. The number of hydrogen-bond donors (Lipinski definition) is 2. The SMILES string of the molecule is NC1(C(=O)[O-])CCNCC1.O=C([O-])C(=O)[O-].[CH2]C. The van der Waals surface area contributed by atoms with Gasteiger partial charge in [0.2, 0.25) is 0 Å². The van der Waals surface area contributed by atoms with Crippen LogP contribution < -0.4 is 26.4 Å². The van der Waals surface area contributed by atoms with Crippen molar-refractivity contribution in [3.63, 3.8) is 0 Å². The van der Waals surface area contributed by atoms with Crippen molar-refractivity contribution in [3.05, 3.63) is 6.92 Å². The Bertz CT molecular complexity index is 274. The minimum Gasteiger partial charge on any atom is -0.548 e. The summed E-state index contributed by atoms with van der Waals surface area (Å²) in [6.45, 7) is 6.34. The van der Waals surface area contributed by atoms with Crippen LogP contribution in [0.5, 0.6) is 0 Å². The lowest BCUT2D eigenvalue weighted by atomic mass is 9.90. The Morgan fingerprint density at radius 3 is 1.56 bits per heavy atom. The Kier molecular flexibility index (Phi) is 9.73.